The summed E-state index contributed by atoms with van der Waals surface area (Å²) in [4.78, 5) is 13.9. The van der Waals surface area contributed by atoms with E-state index < -0.39 is 0 Å². The van der Waals surface area contributed by atoms with E-state index in [0.717, 1.165) is 5.57 Å². The van der Waals surface area contributed by atoms with Gasteiger partial charge in [0.05, 0.1) is 19.3 Å². The molecular weight excluding hydrogens is 192 g/mol. The number of amides is 1. The summed E-state index contributed by atoms with van der Waals surface area (Å²) in [6, 6.07) is -0.138. The number of morpholine rings is 1. The third-order valence-corrected chi connectivity index (χ3v) is 2.52. The fraction of sp³-hybridized carbons (Fsp3) is 0.727. The molecule has 0 bridgehead atoms. The van der Waals surface area contributed by atoms with Crippen molar-refractivity contribution in [1.29, 1.82) is 0 Å². The number of nitrogens with zero attached hydrogens (tertiary/aromatic N) is 1. The molecule has 1 aliphatic heterocycles. The number of carbonyl (C=O) groups excluding carboxylic acids is 1. The predicted octanol–water partition coefficient (Wildman–Crippen LogP) is 0.399. The molecule has 0 aromatic carbocycles. The lowest BCUT2D eigenvalue weighted by Crippen LogP contribution is -2.49. The summed E-state index contributed by atoms with van der Waals surface area (Å²) in [6.45, 7) is 8.48. The number of likely N-dealkylation sites (N-methyl/N-ethyl adjacent to an activating group) is 1. The Hall–Kier alpha value is -0.870. The first-order chi connectivity index (χ1) is 7.15. The Morgan fingerprint density at radius 3 is 2.60 bits per heavy atom. The first kappa shape index (κ1) is 12.2. The molecule has 0 radical (unpaired) electrons. The Kier molecular flexibility index (Phi) is 4.78. The van der Waals surface area contributed by atoms with Crippen molar-refractivity contribution >= 4 is 5.91 Å². The van der Waals surface area contributed by atoms with E-state index in [0.29, 0.717) is 32.7 Å². The average Bonchev–Trinajstić information content (AvgIpc) is 2.26. The Morgan fingerprint density at radius 1 is 1.53 bits per heavy atom. The summed E-state index contributed by atoms with van der Waals surface area (Å²) in [5.41, 5.74) is 1.02. The molecule has 86 valence electrons. The number of rotatable bonds is 4. The molecule has 1 amide bonds. The van der Waals surface area contributed by atoms with Crippen LogP contribution in [-0.4, -0.2) is 50.2 Å². The fourth-order valence-corrected chi connectivity index (χ4v) is 1.67. The van der Waals surface area contributed by atoms with Gasteiger partial charge in [-0.25, -0.2) is 0 Å². The first-order valence-corrected chi connectivity index (χ1v) is 5.33. The minimum Gasteiger partial charge on any atom is -0.378 e. The molecule has 0 aromatic rings. The van der Waals surface area contributed by atoms with Crippen LogP contribution in [0.3, 0.4) is 0 Å². The van der Waals surface area contributed by atoms with Crippen LogP contribution in [0, 0.1) is 0 Å². The maximum absolute atomic E-state index is 12.0. The normalized spacial score (nSPS) is 18.7. The average molecular weight is 212 g/mol. The standard InChI is InChI=1S/C11H20N2O2/c1-9(2)8-10(12-3)11(14)13-4-6-15-7-5-13/h10,12H,1,4-8H2,2-3H3. The molecule has 0 aliphatic carbocycles. The lowest BCUT2D eigenvalue weighted by molar-refractivity contribution is -0.137. The molecule has 4 nitrogen and oxygen atoms in total. The highest BCUT2D eigenvalue weighted by molar-refractivity contribution is 5.82. The third kappa shape index (κ3) is 3.64. The number of carbonyl (C=O) groups is 1. The van der Waals surface area contributed by atoms with Crippen LogP contribution in [-0.2, 0) is 9.53 Å². The van der Waals surface area contributed by atoms with E-state index in [2.05, 4.69) is 11.9 Å². The molecule has 1 N–H and O–H groups in total. The molecule has 1 aliphatic rings. The number of hydrogen-bond acceptors (Lipinski definition) is 3. The van der Waals surface area contributed by atoms with Crippen LogP contribution in [0.2, 0.25) is 0 Å². The van der Waals surface area contributed by atoms with E-state index in [1.807, 2.05) is 18.9 Å². The Balaban J connectivity index is 2.50. The maximum Gasteiger partial charge on any atom is 0.240 e. The van der Waals surface area contributed by atoms with Gasteiger partial charge in [0.2, 0.25) is 5.91 Å². The lowest BCUT2D eigenvalue weighted by Gasteiger charge is -2.30. The SMILES string of the molecule is C=C(C)CC(NC)C(=O)N1CCOCC1. The second kappa shape index (κ2) is 5.88. The van der Waals surface area contributed by atoms with E-state index in [1.165, 1.54) is 0 Å². The van der Waals surface area contributed by atoms with Crippen LogP contribution in [0.1, 0.15) is 13.3 Å². The van der Waals surface area contributed by atoms with Crippen LogP contribution in [0.15, 0.2) is 12.2 Å². The van der Waals surface area contributed by atoms with E-state index >= 15 is 0 Å². The molecule has 15 heavy (non-hydrogen) atoms. The molecule has 1 heterocycles. The van der Waals surface area contributed by atoms with Crippen molar-refractivity contribution in [3.8, 4) is 0 Å². The summed E-state index contributed by atoms with van der Waals surface area (Å²) < 4.78 is 5.21. The Bertz CT molecular complexity index is 235. The van der Waals surface area contributed by atoms with Gasteiger partial charge in [0.25, 0.3) is 0 Å². The molecule has 0 saturated carbocycles. The van der Waals surface area contributed by atoms with Crippen LogP contribution < -0.4 is 5.32 Å². The fourth-order valence-electron chi connectivity index (χ4n) is 1.67. The highest BCUT2D eigenvalue weighted by Crippen LogP contribution is 2.07. The lowest BCUT2D eigenvalue weighted by atomic mass is 10.1. The highest BCUT2D eigenvalue weighted by atomic mass is 16.5. The molecule has 1 unspecified atom stereocenters. The number of ether oxygens (including phenoxy) is 1. The Labute approximate surface area is 91.3 Å². The smallest absolute Gasteiger partial charge is 0.240 e. The van der Waals surface area contributed by atoms with Gasteiger partial charge in [-0.2, -0.15) is 0 Å². The zero-order valence-electron chi connectivity index (χ0n) is 9.58. The van der Waals surface area contributed by atoms with Crippen molar-refractivity contribution in [3.05, 3.63) is 12.2 Å². The zero-order chi connectivity index (χ0) is 11.3. The summed E-state index contributed by atoms with van der Waals surface area (Å²) in [5, 5.41) is 3.04. The molecule has 1 rings (SSSR count). The largest absolute Gasteiger partial charge is 0.378 e. The quantitative estimate of drug-likeness (QED) is 0.686. The molecule has 1 atom stereocenters. The van der Waals surface area contributed by atoms with E-state index in [4.69, 9.17) is 4.74 Å². The van der Waals surface area contributed by atoms with Crippen LogP contribution in [0.5, 0.6) is 0 Å². The van der Waals surface area contributed by atoms with Crippen LogP contribution in [0.4, 0.5) is 0 Å². The van der Waals surface area contributed by atoms with E-state index in [-0.39, 0.29) is 11.9 Å². The molecule has 1 fully saturated rings. The minimum atomic E-state index is -0.138. The predicted molar refractivity (Wildman–Crippen MR) is 59.7 cm³/mol. The number of nitrogens with one attached hydrogen (secondary N) is 1. The van der Waals surface area contributed by atoms with E-state index in [9.17, 15) is 4.79 Å². The molecule has 4 heteroatoms. The van der Waals surface area contributed by atoms with Gasteiger partial charge in [-0.15, -0.1) is 6.58 Å². The van der Waals surface area contributed by atoms with Gasteiger partial charge in [-0.05, 0) is 20.4 Å². The minimum absolute atomic E-state index is 0.138. The summed E-state index contributed by atoms with van der Waals surface area (Å²) in [6.07, 6.45) is 0.701. The highest BCUT2D eigenvalue weighted by Gasteiger charge is 2.24. The summed E-state index contributed by atoms with van der Waals surface area (Å²) in [7, 11) is 1.81. The molecule has 1 saturated heterocycles. The van der Waals surface area contributed by atoms with Crippen molar-refractivity contribution in [2.24, 2.45) is 0 Å². The van der Waals surface area contributed by atoms with Gasteiger partial charge >= 0.3 is 0 Å². The molecule has 0 aromatic heterocycles. The van der Waals surface area contributed by atoms with Crippen molar-refractivity contribution < 1.29 is 9.53 Å². The van der Waals surface area contributed by atoms with Crippen molar-refractivity contribution in [2.45, 2.75) is 19.4 Å². The van der Waals surface area contributed by atoms with Crippen molar-refractivity contribution in [3.63, 3.8) is 0 Å². The van der Waals surface area contributed by atoms with E-state index in [1.54, 1.807) is 0 Å². The van der Waals surface area contributed by atoms with Gasteiger partial charge in [0.1, 0.15) is 0 Å². The van der Waals surface area contributed by atoms with Gasteiger partial charge in [0.15, 0.2) is 0 Å². The molecule has 0 spiro atoms. The van der Waals surface area contributed by atoms with Crippen molar-refractivity contribution in [2.75, 3.05) is 33.4 Å². The van der Waals surface area contributed by atoms with Gasteiger partial charge in [-0.3, -0.25) is 4.79 Å². The summed E-state index contributed by atoms with van der Waals surface area (Å²) in [5.74, 6) is 0.156. The third-order valence-electron chi connectivity index (χ3n) is 2.52. The second-order valence-corrected chi connectivity index (χ2v) is 3.94. The maximum atomic E-state index is 12.0. The van der Waals surface area contributed by atoms with Gasteiger partial charge in [-0.1, -0.05) is 5.57 Å². The summed E-state index contributed by atoms with van der Waals surface area (Å²) >= 11 is 0. The second-order valence-electron chi connectivity index (χ2n) is 3.94. The zero-order valence-corrected chi connectivity index (χ0v) is 9.58. The van der Waals surface area contributed by atoms with Crippen LogP contribution in [0.25, 0.3) is 0 Å². The topological polar surface area (TPSA) is 41.6 Å². The van der Waals surface area contributed by atoms with Crippen LogP contribution >= 0.6 is 0 Å². The number of hydrogen-bond donors (Lipinski definition) is 1. The van der Waals surface area contributed by atoms with Gasteiger partial charge < -0.3 is 15.0 Å². The molecular formula is C11H20N2O2. The Morgan fingerprint density at radius 2 is 2.13 bits per heavy atom. The first-order valence-electron chi connectivity index (χ1n) is 5.33. The van der Waals surface area contributed by atoms with Crippen molar-refractivity contribution in [1.82, 2.24) is 10.2 Å². The monoisotopic (exact) mass is 212 g/mol. The van der Waals surface area contributed by atoms with Gasteiger partial charge in [0, 0.05) is 13.1 Å².